The summed E-state index contributed by atoms with van der Waals surface area (Å²) >= 11 is 0. The number of hydrogen-bond acceptors (Lipinski definition) is 7. The SMILES string of the molecule is COc1cn([C@H]2O[C@@H](CO)[C@@H](O)[C@H]2O)c(=O)[nH]c1=O. The zero-order chi connectivity index (χ0) is 14.2. The zero-order valence-electron chi connectivity index (χ0n) is 10.0. The van der Waals surface area contributed by atoms with Gasteiger partial charge in [-0.25, -0.2) is 4.79 Å². The largest absolute Gasteiger partial charge is 0.490 e. The minimum absolute atomic E-state index is 0.141. The molecule has 19 heavy (non-hydrogen) atoms. The van der Waals surface area contributed by atoms with Crippen molar-refractivity contribution in [2.45, 2.75) is 24.5 Å². The second-order valence-electron chi connectivity index (χ2n) is 4.09. The van der Waals surface area contributed by atoms with E-state index in [1.165, 1.54) is 7.11 Å². The van der Waals surface area contributed by atoms with Gasteiger partial charge in [-0.05, 0) is 0 Å². The third-order valence-corrected chi connectivity index (χ3v) is 2.95. The van der Waals surface area contributed by atoms with Gasteiger partial charge in [0.05, 0.1) is 19.9 Å². The van der Waals surface area contributed by atoms with Crippen LogP contribution < -0.4 is 16.0 Å². The molecular formula is C10H14N2O7. The number of aliphatic hydroxyl groups is 3. The van der Waals surface area contributed by atoms with Crippen LogP contribution >= 0.6 is 0 Å². The van der Waals surface area contributed by atoms with E-state index in [1.807, 2.05) is 4.98 Å². The molecule has 0 saturated carbocycles. The topological polar surface area (TPSA) is 134 Å². The predicted octanol–water partition coefficient (Wildman–Crippen LogP) is -2.84. The standard InChI is InChI=1S/C10H14N2O7/c1-18-4-2-12(10(17)11-8(4)16)9-7(15)6(14)5(3-13)19-9/h2,5-7,9,13-15H,3H2,1H3,(H,11,16,17)/t5-,6+,7+,9-/m0/s1. The summed E-state index contributed by atoms with van der Waals surface area (Å²) in [5, 5.41) is 28.4. The van der Waals surface area contributed by atoms with E-state index in [9.17, 15) is 19.8 Å². The van der Waals surface area contributed by atoms with Gasteiger partial charge < -0.3 is 24.8 Å². The molecule has 0 bridgehead atoms. The second-order valence-corrected chi connectivity index (χ2v) is 4.09. The molecule has 1 fully saturated rings. The fourth-order valence-electron chi connectivity index (χ4n) is 1.91. The van der Waals surface area contributed by atoms with E-state index in [4.69, 9.17) is 14.6 Å². The minimum Gasteiger partial charge on any atom is -0.490 e. The highest BCUT2D eigenvalue weighted by molar-refractivity contribution is 5.12. The van der Waals surface area contributed by atoms with Crippen LogP contribution in [-0.4, -0.2) is 56.9 Å². The summed E-state index contributed by atoms with van der Waals surface area (Å²) in [6.07, 6.45) is -3.90. The highest BCUT2D eigenvalue weighted by atomic mass is 16.6. The van der Waals surface area contributed by atoms with Crippen molar-refractivity contribution < 1.29 is 24.8 Å². The number of H-pyrrole nitrogens is 1. The molecule has 2 heterocycles. The van der Waals surface area contributed by atoms with Crippen molar-refractivity contribution in [3.05, 3.63) is 27.0 Å². The van der Waals surface area contributed by atoms with Crippen molar-refractivity contribution in [2.24, 2.45) is 0 Å². The monoisotopic (exact) mass is 274 g/mol. The highest BCUT2D eigenvalue weighted by Crippen LogP contribution is 2.28. The highest BCUT2D eigenvalue weighted by Gasteiger charge is 2.43. The summed E-state index contributed by atoms with van der Waals surface area (Å²) in [6, 6.07) is 0. The molecule has 2 rings (SSSR count). The average Bonchev–Trinajstić information content (AvgIpc) is 2.67. The molecule has 9 heteroatoms. The fourth-order valence-corrected chi connectivity index (χ4v) is 1.91. The molecule has 0 amide bonds. The summed E-state index contributed by atoms with van der Waals surface area (Å²) in [5.74, 6) is -0.141. The molecule has 1 aliphatic rings. The maximum absolute atomic E-state index is 11.7. The Balaban J connectivity index is 2.43. The first-order valence-electron chi connectivity index (χ1n) is 5.51. The number of nitrogens with zero attached hydrogens (tertiary/aromatic N) is 1. The van der Waals surface area contributed by atoms with Gasteiger partial charge in [-0.15, -0.1) is 0 Å². The molecule has 0 aliphatic carbocycles. The van der Waals surface area contributed by atoms with E-state index in [1.54, 1.807) is 0 Å². The molecule has 1 aromatic heterocycles. The van der Waals surface area contributed by atoms with E-state index in [0.717, 1.165) is 10.8 Å². The Bertz CT molecular complexity index is 566. The van der Waals surface area contributed by atoms with Crippen LogP contribution in [-0.2, 0) is 4.74 Å². The predicted molar refractivity (Wildman–Crippen MR) is 60.9 cm³/mol. The van der Waals surface area contributed by atoms with Crippen molar-refractivity contribution in [1.82, 2.24) is 9.55 Å². The number of aliphatic hydroxyl groups excluding tert-OH is 3. The quantitative estimate of drug-likeness (QED) is 0.466. The maximum Gasteiger partial charge on any atom is 0.330 e. The fraction of sp³-hybridized carbons (Fsp3) is 0.600. The molecule has 1 aliphatic heterocycles. The lowest BCUT2D eigenvalue weighted by Crippen LogP contribution is -2.38. The summed E-state index contributed by atoms with van der Waals surface area (Å²) in [7, 11) is 1.25. The summed E-state index contributed by atoms with van der Waals surface area (Å²) < 4.78 is 10.8. The number of aromatic nitrogens is 2. The first-order valence-corrected chi connectivity index (χ1v) is 5.51. The molecule has 1 saturated heterocycles. The molecule has 0 unspecified atom stereocenters. The third kappa shape index (κ3) is 2.28. The van der Waals surface area contributed by atoms with Crippen LogP contribution in [0, 0.1) is 0 Å². The van der Waals surface area contributed by atoms with Gasteiger partial charge in [0.15, 0.2) is 6.23 Å². The van der Waals surface area contributed by atoms with Crippen LogP contribution in [0.4, 0.5) is 0 Å². The lowest BCUT2D eigenvalue weighted by atomic mass is 10.1. The normalized spacial score (nSPS) is 30.5. The van der Waals surface area contributed by atoms with Crippen LogP contribution in [0.3, 0.4) is 0 Å². The molecule has 0 aromatic carbocycles. The Labute approximate surface area is 106 Å². The molecular weight excluding hydrogens is 260 g/mol. The molecule has 0 spiro atoms. The average molecular weight is 274 g/mol. The number of hydrogen-bond donors (Lipinski definition) is 4. The van der Waals surface area contributed by atoms with Crippen molar-refractivity contribution in [3.8, 4) is 5.75 Å². The second kappa shape index (κ2) is 5.13. The smallest absolute Gasteiger partial charge is 0.330 e. The van der Waals surface area contributed by atoms with Gasteiger partial charge in [0.1, 0.15) is 18.3 Å². The van der Waals surface area contributed by atoms with Crippen LogP contribution in [0.15, 0.2) is 15.8 Å². The minimum atomic E-state index is -1.41. The molecule has 106 valence electrons. The molecule has 9 nitrogen and oxygen atoms in total. The molecule has 4 atom stereocenters. The first kappa shape index (κ1) is 13.7. The lowest BCUT2D eigenvalue weighted by Gasteiger charge is -2.17. The van der Waals surface area contributed by atoms with E-state index >= 15 is 0 Å². The summed E-state index contributed by atoms with van der Waals surface area (Å²) in [6.45, 7) is -0.510. The Morgan fingerprint density at radius 2 is 2.11 bits per heavy atom. The molecule has 1 aromatic rings. The van der Waals surface area contributed by atoms with E-state index in [2.05, 4.69) is 0 Å². The van der Waals surface area contributed by atoms with Gasteiger partial charge >= 0.3 is 5.69 Å². The number of methoxy groups -OCH3 is 1. The Morgan fingerprint density at radius 3 is 2.63 bits per heavy atom. The van der Waals surface area contributed by atoms with Gasteiger partial charge in [-0.3, -0.25) is 14.3 Å². The zero-order valence-corrected chi connectivity index (χ0v) is 10.0. The van der Waals surface area contributed by atoms with Crippen LogP contribution in [0.2, 0.25) is 0 Å². The third-order valence-electron chi connectivity index (χ3n) is 2.95. The lowest BCUT2D eigenvalue weighted by molar-refractivity contribution is -0.0552. The maximum atomic E-state index is 11.7. The van der Waals surface area contributed by atoms with Crippen molar-refractivity contribution in [2.75, 3.05) is 13.7 Å². The Morgan fingerprint density at radius 1 is 1.42 bits per heavy atom. The Kier molecular flexibility index (Phi) is 3.71. The van der Waals surface area contributed by atoms with Gasteiger partial charge in [0, 0.05) is 0 Å². The number of nitrogens with one attached hydrogen (secondary N) is 1. The number of ether oxygens (including phenoxy) is 2. The van der Waals surface area contributed by atoms with Crippen LogP contribution in [0.1, 0.15) is 6.23 Å². The van der Waals surface area contributed by atoms with E-state index in [-0.39, 0.29) is 5.75 Å². The Hall–Kier alpha value is -1.68. The van der Waals surface area contributed by atoms with Crippen LogP contribution in [0.25, 0.3) is 0 Å². The molecule has 0 radical (unpaired) electrons. The van der Waals surface area contributed by atoms with E-state index < -0.39 is 42.4 Å². The van der Waals surface area contributed by atoms with Gasteiger partial charge in [0.25, 0.3) is 5.56 Å². The van der Waals surface area contributed by atoms with Gasteiger partial charge in [-0.1, -0.05) is 0 Å². The summed E-state index contributed by atoms with van der Waals surface area (Å²) in [5.41, 5.74) is -1.53. The number of aromatic amines is 1. The number of rotatable bonds is 3. The van der Waals surface area contributed by atoms with Crippen LogP contribution in [0.5, 0.6) is 5.75 Å². The van der Waals surface area contributed by atoms with Crippen molar-refractivity contribution in [1.29, 1.82) is 0 Å². The van der Waals surface area contributed by atoms with Crippen molar-refractivity contribution >= 4 is 0 Å². The molecule has 4 N–H and O–H groups in total. The van der Waals surface area contributed by atoms with E-state index in [0.29, 0.717) is 0 Å². The van der Waals surface area contributed by atoms with Gasteiger partial charge in [-0.2, -0.15) is 0 Å². The van der Waals surface area contributed by atoms with Crippen molar-refractivity contribution in [3.63, 3.8) is 0 Å². The van der Waals surface area contributed by atoms with Gasteiger partial charge in [0.2, 0.25) is 5.75 Å². The summed E-state index contributed by atoms with van der Waals surface area (Å²) in [4.78, 5) is 25.0. The first-order chi connectivity index (χ1) is 8.99.